The second kappa shape index (κ2) is 4.65. The van der Waals surface area contributed by atoms with Crippen molar-refractivity contribution in [3.05, 3.63) is 40.8 Å². The quantitative estimate of drug-likeness (QED) is 0.767. The van der Waals surface area contributed by atoms with Crippen molar-refractivity contribution in [2.75, 3.05) is 5.32 Å². The number of halogens is 3. The lowest BCUT2D eigenvalue weighted by molar-refractivity contribution is -0.136. The summed E-state index contributed by atoms with van der Waals surface area (Å²) in [5.74, 6) is -0.925. The van der Waals surface area contributed by atoms with E-state index in [-0.39, 0.29) is 29.1 Å². The van der Waals surface area contributed by atoms with Gasteiger partial charge in [-0.3, -0.25) is 4.79 Å². The average molecular weight is 323 g/mol. The number of nitrogens with one attached hydrogen (secondary N) is 1. The highest BCUT2D eigenvalue weighted by Gasteiger charge is 2.56. The number of nitriles is 1. The number of carbonyl (C=O) groups is 1. The van der Waals surface area contributed by atoms with Crippen LogP contribution in [0.25, 0.3) is 0 Å². The first kappa shape index (κ1) is 15.2. The predicted octanol–water partition coefficient (Wildman–Crippen LogP) is 2.40. The number of hydrogen-bond donors (Lipinski definition) is 2. The molecule has 23 heavy (non-hydrogen) atoms. The molecule has 120 valence electrons. The Balaban J connectivity index is 2.32. The van der Waals surface area contributed by atoms with Crippen LogP contribution in [0.2, 0.25) is 0 Å². The zero-order valence-corrected chi connectivity index (χ0v) is 12.0. The van der Waals surface area contributed by atoms with Gasteiger partial charge < -0.3 is 15.8 Å². The fraction of sp³-hybridized carbons (Fsp3) is 0.333. The summed E-state index contributed by atoms with van der Waals surface area (Å²) in [7, 11) is 0. The number of para-hydroxylation sites is 1. The van der Waals surface area contributed by atoms with Crippen LogP contribution in [-0.2, 0) is 21.1 Å². The topological polar surface area (TPSA) is 88.1 Å². The second-order valence-corrected chi connectivity index (χ2v) is 5.57. The minimum atomic E-state index is -4.62. The Labute approximate surface area is 129 Å². The third-order valence-corrected chi connectivity index (χ3v) is 4.16. The highest BCUT2D eigenvalue weighted by atomic mass is 19.4. The fourth-order valence-electron chi connectivity index (χ4n) is 3.28. The highest BCUT2D eigenvalue weighted by Crippen LogP contribution is 2.52. The fourth-order valence-corrected chi connectivity index (χ4v) is 3.28. The van der Waals surface area contributed by atoms with Gasteiger partial charge in [0.25, 0.3) is 0 Å². The summed E-state index contributed by atoms with van der Waals surface area (Å²) in [5.41, 5.74) is 2.84. The van der Waals surface area contributed by atoms with Crippen LogP contribution in [0.3, 0.4) is 0 Å². The molecule has 8 heteroatoms. The summed E-state index contributed by atoms with van der Waals surface area (Å²) in [4.78, 5) is 12.6. The number of hydrogen-bond acceptors (Lipinski definition) is 4. The van der Waals surface area contributed by atoms with Crippen molar-refractivity contribution in [1.82, 2.24) is 0 Å². The lowest BCUT2D eigenvalue weighted by Crippen LogP contribution is -2.44. The van der Waals surface area contributed by atoms with E-state index in [1.807, 2.05) is 6.07 Å². The molecule has 1 spiro atoms. The third-order valence-electron chi connectivity index (χ3n) is 4.16. The lowest BCUT2D eigenvalue weighted by atomic mass is 9.70. The van der Waals surface area contributed by atoms with Crippen LogP contribution in [0.1, 0.15) is 24.5 Å². The summed E-state index contributed by atoms with van der Waals surface area (Å²) in [6.45, 7) is 1.64. The van der Waals surface area contributed by atoms with Gasteiger partial charge in [-0.05, 0) is 18.6 Å². The van der Waals surface area contributed by atoms with Gasteiger partial charge in [-0.25, -0.2) is 0 Å². The summed E-state index contributed by atoms with van der Waals surface area (Å²) in [5, 5.41) is 11.7. The molecule has 1 amide bonds. The maximum atomic E-state index is 13.2. The summed E-state index contributed by atoms with van der Waals surface area (Å²) in [6.07, 6.45) is -5.10. The van der Waals surface area contributed by atoms with Crippen molar-refractivity contribution in [3.8, 4) is 6.07 Å². The van der Waals surface area contributed by atoms with Gasteiger partial charge in [-0.15, -0.1) is 0 Å². The molecule has 2 aliphatic rings. The van der Waals surface area contributed by atoms with E-state index in [0.29, 0.717) is 0 Å². The van der Waals surface area contributed by atoms with E-state index in [1.165, 1.54) is 12.1 Å². The molecule has 0 saturated heterocycles. The number of alkyl halides is 3. The van der Waals surface area contributed by atoms with Crippen LogP contribution < -0.4 is 11.1 Å². The molecule has 1 unspecified atom stereocenters. The van der Waals surface area contributed by atoms with E-state index in [0.717, 1.165) is 6.07 Å². The Hall–Kier alpha value is -2.69. The minimum absolute atomic E-state index is 0.0384. The standard InChI is InChI=1S/C15H12F3N3O2/c1-7-5-14(10(6-19)12(20)23-7)8-3-2-4-9(15(16,17)18)11(8)21-13(14)22/h2-4,7H,5,20H2,1H3,(H,21,22)/t7?,14-/m0/s1. The van der Waals surface area contributed by atoms with Gasteiger partial charge in [0, 0.05) is 6.42 Å². The molecular weight excluding hydrogens is 311 g/mol. The first-order chi connectivity index (χ1) is 10.7. The first-order valence-electron chi connectivity index (χ1n) is 6.81. The van der Waals surface area contributed by atoms with Gasteiger partial charge >= 0.3 is 6.18 Å². The van der Waals surface area contributed by atoms with Crippen LogP contribution in [-0.4, -0.2) is 12.0 Å². The van der Waals surface area contributed by atoms with Gasteiger partial charge in [0.15, 0.2) is 5.88 Å². The molecule has 0 saturated carbocycles. The van der Waals surface area contributed by atoms with Gasteiger partial charge in [0.2, 0.25) is 5.91 Å². The summed E-state index contributed by atoms with van der Waals surface area (Å²) in [6, 6.07) is 5.34. The van der Waals surface area contributed by atoms with Crippen LogP contribution in [0.15, 0.2) is 29.7 Å². The Bertz CT molecular complexity index is 779. The number of fused-ring (bicyclic) bond motifs is 2. The largest absolute Gasteiger partial charge is 0.476 e. The van der Waals surface area contributed by atoms with Gasteiger partial charge in [-0.1, -0.05) is 12.1 Å². The van der Waals surface area contributed by atoms with Crippen molar-refractivity contribution in [1.29, 1.82) is 5.26 Å². The van der Waals surface area contributed by atoms with Crippen molar-refractivity contribution in [2.45, 2.75) is 31.0 Å². The van der Waals surface area contributed by atoms with Crippen molar-refractivity contribution in [2.24, 2.45) is 5.73 Å². The molecule has 0 aromatic heterocycles. The van der Waals surface area contributed by atoms with Gasteiger partial charge in [0.05, 0.1) is 17.4 Å². The molecule has 0 bridgehead atoms. The number of carbonyl (C=O) groups excluding carboxylic acids is 1. The zero-order chi connectivity index (χ0) is 17.0. The van der Waals surface area contributed by atoms with E-state index in [1.54, 1.807) is 6.92 Å². The van der Waals surface area contributed by atoms with E-state index in [2.05, 4.69) is 5.32 Å². The SMILES string of the molecule is CC1C[C@@]2(C(=O)Nc3c(C(F)(F)F)cccc32)C(C#N)=C(N)O1. The first-order valence-corrected chi connectivity index (χ1v) is 6.81. The molecule has 3 N–H and O–H groups in total. The minimum Gasteiger partial charge on any atom is -0.476 e. The van der Waals surface area contributed by atoms with Crippen LogP contribution >= 0.6 is 0 Å². The number of anilines is 1. The smallest absolute Gasteiger partial charge is 0.418 e. The summed E-state index contributed by atoms with van der Waals surface area (Å²) < 4.78 is 44.8. The maximum absolute atomic E-state index is 13.2. The molecule has 1 aromatic rings. The number of nitrogens with zero attached hydrogens (tertiary/aromatic N) is 1. The second-order valence-electron chi connectivity index (χ2n) is 5.57. The zero-order valence-electron chi connectivity index (χ0n) is 12.0. The van der Waals surface area contributed by atoms with E-state index in [4.69, 9.17) is 10.5 Å². The van der Waals surface area contributed by atoms with Crippen molar-refractivity contribution in [3.63, 3.8) is 0 Å². The molecule has 3 rings (SSSR count). The van der Waals surface area contributed by atoms with Crippen LogP contribution in [0.5, 0.6) is 0 Å². The third kappa shape index (κ3) is 1.96. The van der Waals surface area contributed by atoms with Crippen molar-refractivity contribution >= 4 is 11.6 Å². The number of benzene rings is 1. The van der Waals surface area contributed by atoms with E-state index >= 15 is 0 Å². The average Bonchev–Trinajstić information content (AvgIpc) is 2.70. The highest BCUT2D eigenvalue weighted by molar-refractivity contribution is 6.10. The number of nitrogens with two attached hydrogens (primary N) is 1. The van der Waals surface area contributed by atoms with Crippen LogP contribution in [0.4, 0.5) is 18.9 Å². The Kier molecular flexibility index (Phi) is 3.08. The summed E-state index contributed by atoms with van der Waals surface area (Å²) >= 11 is 0. The molecule has 1 aromatic carbocycles. The van der Waals surface area contributed by atoms with Crippen LogP contribution in [0, 0.1) is 11.3 Å². The number of rotatable bonds is 0. The molecule has 5 nitrogen and oxygen atoms in total. The van der Waals surface area contributed by atoms with Gasteiger partial charge in [-0.2, -0.15) is 18.4 Å². The molecule has 2 heterocycles. The van der Waals surface area contributed by atoms with Gasteiger partial charge in [0.1, 0.15) is 17.1 Å². The van der Waals surface area contributed by atoms with E-state index < -0.39 is 29.2 Å². The lowest BCUT2D eigenvalue weighted by Gasteiger charge is -2.35. The molecule has 2 atom stereocenters. The normalized spacial score (nSPS) is 26.6. The monoisotopic (exact) mass is 323 g/mol. The molecular formula is C15H12F3N3O2. The van der Waals surface area contributed by atoms with E-state index in [9.17, 15) is 23.2 Å². The number of ether oxygens (including phenoxy) is 1. The van der Waals surface area contributed by atoms with Crippen molar-refractivity contribution < 1.29 is 22.7 Å². The Morgan fingerprint density at radius 3 is 2.78 bits per heavy atom. The molecule has 0 aliphatic carbocycles. The molecule has 0 radical (unpaired) electrons. The predicted molar refractivity (Wildman–Crippen MR) is 73.7 cm³/mol. The molecule has 2 aliphatic heterocycles. The Morgan fingerprint density at radius 1 is 1.48 bits per heavy atom. The molecule has 0 fully saturated rings. The Morgan fingerprint density at radius 2 is 2.17 bits per heavy atom. The number of amides is 1. The maximum Gasteiger partial charge on any atom is 0.418 e.